The average molecular weight is 890 g/mol. The van der Waals surface area contributed by atoms with Gasteiger partial charge in [0.2, 0.25) is 11.8 Å². The molecule has 6 heterocycles. The number of aromatic nitrogens is 2. The summed E-state index contributed by atoms with van der Waals surface area (Å²) in [5, 5.41) is 35.8. The van der Waals surface area contributed by atoms with Gasteiger partial charge in [-0.25, -0.2) is 29.5 Å². The fraction of sp³-hybridized carbons (Fsp3) is 0.238. The number of carboxylic acid groups (broad SMARTS) is 4. The molecule has 0 unspecified atom stereocenters. The smallest absolute Gasteiger partial charge is 0.328 e. The van der Waals surface area contributed by atoms with Crippen molar-refractivity contribution in [2.45, 2.75) is 0 Å². The Morgan fingerprint density at radius 1 is 0.629 bits per heavy atom. The van der Waals surface area contributed by atoms with Crippen LogP contribution < -0.4 is 29.5 Å². The minimum atomic E-state index is -1.55. The number of hydrogen-bond acceptors (Lipinski definition) is 14. The molecule has 8 rings (SSSR count). The van der Waals surface area contributed by atoms with E-state index in [0.29, 0.717) is 57.6 Å². The topological polar surface area (TPSA) is 239 Å². The highest BCUT2D eigenvalue weighted by Gasteiger charge is 2.28. The molecule has 0 spiro atoms. The van der Waals surface area contributed by atoms with Gasteiger partial charge in [-0.15, -0.1) is 0 Å². The van der Waals surface area contributed by atoms with E-state index < -0.39 is 23.9 Å². The number of carbonyl (C=O) groups excluding carboxylic acids is 2. The Bertz CT molecular complexity index is 2200. The molecule has 0 atom stereocenters. The molecular weight excluding hydrogens is 847 g/mol. The zero-order valence-electron chi connectivity index (χ0n) is 33.5. The first-order chi connectivity index (χ1) is 29.7. The zero-order valence-corrected chi connectivity index (χ0v) is 35.0. The van der Waals surface area contributed by atoms with Crippen LogP contribution in [0.5, 0.6) is 23.3 Å². The lowest BCUT2D eigenvalue weighted by Crippen LogP contribution is -3.12. The number of aliphatic imine (C=N–C) groups is 2. The Labute approximate surface area is 365 Å². The molecule has 62 heavy (non-hydrogen) atoms. The fourth-order valence-electron chi connectivity index (χ4n) is 6.13. The molecule has 2 aromatic heterocycles. The number of rotatable bonds is 4. The molecule has 0 amide bonds. The molecule has 0 radical (unpaired) electrons. The van der Waals surface area contributed by atoms with Gasteiger partial charge in [0.05, 0.1) is 89.5 Å². The van der Waals surface area contributed by atoms with Crippen LogP contribution in [0.3, 0.4) is 0 Å². The van der Waals surface area contributed by atoms with Crippen molar-refractivity contribution in [3.05, 3.63) is 119 Å². The third-order valence-electron chi connectivity index (χ3n) is 9.29. The summed E-state index contributed by atoms with van der Waals surface area (Å²) in [6.45, 7) is 8.25. The van der Waals surface area contributed by atoms with Gasteiger partial charge >= 0.3 is 11.9 Å². The number of nitrogens with zero attached hydrogens (tertiary/aromatic N) is 6. The number of ether oxygens (including phenoxy) is 2. The first-order valence-corrected chi connectivity index (χ1v) is 19.8. The molecule has 2 saturated heterocycles. The molecular formula is C42H42Cl2N8O10. The van der Waals surface area contributed by atoms with Crippen LogP contribution in [0.15, 0.2) is 107 Å². The molecule has 4 N–H and O–H groups in total. The number of amidine groups is 2. The van der Waals surface area contributed by atoms with E-state index >= 15 is 0 Å². The Hall–Kier alpha value is -6.86. The molecule has 4 aromatic rings. The van der Waals surface area contributed by atoms with Crippen molar-refractivity contribution < 1.29 is 58.9 Å². The van der Waals surface area contributed by atoms with E-state index in [9.17, 15) is 29.4 Å². The molecule has 4 aliphatic rings. The second-order valence-corrected chi connectivity index (χ2v) is 14.8. The minimum Gasteiger partial charge on any atom is -0.545 e. The average Bonchev–Trinajstić information content (AvgIpc) is 3.51. The molecule has 20 heteroatoms. The third kappa shape index (κ3) is 13.6. The van der Waals surface area contributed by atoms with Crippen molar-refractivity contribution >= 4 is 70.1 Å². The van der Waals surface area contributed by atoms with Gasteiger partial charge < -0.3 is 59.1 Å². The summed E-state index contributed by atoms with van der Waals surface area (Å²) in [6.07, 6.45) is 5.37. The highest BCUT2D eigenvalue weighted by Crippen LogP contribution is 2.40. The predicted octanol–water partition coefficient (Wildman–Crippen LogP) is 0.253. The van der Waals surface area contributed by atoms with Crippen LogP contribution in [0.25, 0.3) is 0 Å². The number of pyridine rings is 2. The van der Waals surface area contributed by atoms with E-state index in [1.807, 2.05) is 60.7 Å². The quantitative estimate of drug-likeness (QED) is 0.201. The second-order valence-electron chi connectivity index (χ2n) is 13.9. The van der Waals surface area contributed by atoms with Crippen LogP contribution in [-0.2, 0) is 19.2 Å². The van der Waals surface area contributed by atoms with Gasteiger partial charge in [-0.1, -0.05) is 23.2 Å². The number of fused-ring (bicyclic) bond motifs is 4. The van der Waals surface area contributed by atoms with Crippen LogP contribution in [-0.4, -0.2) is 132 Å². The van der Waals surface area contributed by atoms with Gasteiger partial charge in [0.25, 0.3) is 0 Å². The molecule has 0 aliphatic carbocycles. The van der Waals surface area contributed by atoms with Gasteiger partial charge in [0.1, 0.15) is 23.0 Å². The Morgan fingerprint density at radius 2 is 1.00 bits per heavy atom. The third-order valence-corrected chi connectivity index (χ3v) is 9.76. The van der Waals surface area contributed by atoms with Crippen molar-refractivity contribution in [3.63, 3.8) is 0 Å². The molecule has 4 aliphatic heterocycles. The van der Waals surface area contributed by atoms with Gasteiger partial charge in [0, 0.05) is 34.6 Å². The molecule has 2 fully saturated rings. The zero-order chi connectivity index (χ0) is 44.8. The summed E-state index contributed by atoms with van der Waals surface area (Å²) in [4.78, 5) is 64.2. The monoisotopic (exact) mass is 888 g/mol. The molecule has 0 saturated carbocycles. The second kappa shape index (κ2) is 22.1. The number of likely N-dealkylation sites (N-methyl/N-ethyl adjacent to an activating group) is 2. The van der Waals surface area contributed by atoms with Crippen LogP contribution in [0.2, 0.25) is 10.0 Å². The number of piperazine rings is 2. The van der Waals surface area contributed by atoms with Crippen LogP contribution in [0, 0.1) is 0 Å². The Kier molecular flexibility index (Phi) is 16.5. The Balaban J connectivity index is 0.000000175. The number of hydrogen-bond donors (Lipinski definition) is 4. The summed E-state index contributed by atoms with van der Waals surface area (Å²) < 4.78 is 12.0. The van der Waals surface area contributed by atoms with Crippen LogP contribution in [0.4, 0.5) is 11.4 Å². The summed E-state index contributed by atoms with van der Waals surface area (Å²) in [6, 6.07) is 18.8. The van der Waals surface area contributed by atoms with E-state index in [-0.39, 0.29) is 0 Å². The SMILES string of the molecule is C[NH+]1CCN(C2=Nc3cc(Cl)ccc3Oc3ncccc32)CC1.C[NH+]1CCN(C2=Nc3cc(Cl)ccc3Oc3ncccc32)CC1.O=C(O)/C=C/C(=O)O.O=C([O-])/C=C/C(=O)[O-]. The largest absolute Gasteiger partial charge is 0.545 e. The molecule has 18 nitrogen and oxygen atoms in total. The highest BCUT2D eigenvalue weighted by molar-refractivity contribution is 6.31. The molecule has 2 aromatic carbocycles. The van der Waals surface area contributed by atoms with Gasteiger partial charge in [-0.3, -0.25) is 0 Å². The maximum absolute atomic E-state index is 9.55. The van der Waals surface area contributed by atoms with E-state index in [2.05, 4.69) is 33.9 Å². The first-order valence-electron chi connectivity index (χ1n) is 19.1. The lowest BCUT2D eigenvalue weighted by molar-refractivity contribution is -0.883. The number of aliphatic carboxylic acids is 4. The number of carboxylic acids is 4. The van der Waals surface area contributed by atoms with Crippen molar-refractivity contribution in [1.29, 1.82) is 0 Å². The highest BCUT2D eigenvalue weighted by atomic mass is 35.5. The van der Waals surface area contributed by atoms with Gasteiger partial charge in [0.15, 0.2) is 11.5 Å². The van der Waals surface area contributed by atoms with E-state index in [1.54, 1.807) is 22.2 Å². The molecule has 0 bridgehead atoms. The standard InChI is InChI=1S/2C17H17ClN4O.2C4H4O4/c2*1-21-7-9-22(10-8-21)16-13-3-2-6-19-17(13)23-15-5-4-12(18)11-14(15)20-16;2*5-3(6)1-2-4(7)8/h2*2-6,11H,7-10H2,1H3;2*1-2H,(H,5,6)(H,7,8)/b;;2*2-1+. The van der Waals surface area contributed by atoms with Crippen molar-refractivity contribution in [2.75, 3.05) is 66.5 Å². The summed E-state index contributed by atoms with van der Waals surface area (Å²) in [5.41, 5.74) is 3.35. The summed E-state index contributed by atoms with van der Waals surface area (Å²) in [7, 11) is 4.44. The molecule has 324 valence electrons. The van der Waals surface area contributed by atoms with Crippen molar-refractivity contribution in [3.8, 4) is 23.3 Å². The minimum absolute atomic E-state index is 0.384. The van der Waals surface area contributed by atoms with E-state index in [0.717, 1.165) is 86.5 Å². The van der Waals surface area contributed by atoms with Gasteiger partial charge in [-0.05, 0) is 72.8 Å². The van der Waals surface area contributed by atoms with Crippen LogP contribution >= 0.6 is 23.2 Å². The van der Waals surface area contributed by atoms with Gasteiger partial charge in [-0.2, -0.15) is 0 Å². The van der Waals surface area contributed by atoms with Crippen molar-refractivity contribution in [2.24, 2.45) is 9.98 Å². The van der Waals surface area contributed by atoms with Crippen LogP contribution in [0.1, 0.15) is 11.1 Å². The Morgan fingerprint density at radius 3 is 1.34 bits per heavy atom. The fourth-order valence-corrected chi connectivity index (χ4v) is 6.46. The van der Waals surface area contributed by atoms with E-state index in [4.69, 9.17) is 52.9 Å². The maximum atomic E-state index is 9.55. The summed E-state index contributed by atoms with van der Waals surface area (Å²) in [5.74, 6) is -1.21. The first kappa shape index (κ1) is 46.2. The maximum Gasteiger partial charge on any atom is 0.328 e. The number of quaternary nitrogens is 2. The normalized spacial score (nSPS) is 15.5. The lowest BCUT2D eigenvalue weighted by Gasteiger charge is -2.32. The number of halogens is 2. The number of benzene rings is 2. The van der Waals surface area contributed by atoms with E-state index in [1.165, 1.54) is 0 Å². The lowest BCUT2D eigenvalue weighted by atomic mass is 10.2. The van der Waals surface area contributed by atoms with Crippen molar-refractivity contribution in [1.82, 2.24) is 19.8 Å². The number of nitrogens with one attached hydrogen (secondary N) is 2. The summed E-state index contributed by atoms with van der Waals surface area (Å²) >= 11 is 12.3. The number of carbonyl (C=O) groups is 4. The predicted molar refractivity (Wildman–Crippen MR) is 224 cm³/mol.